The van der Waals surface area contributed by atoms with Gasteiger partial charge in [0.1, 0.15) is 5.75 Å². The number of benzene rings is 2. The Morgan fingerprint density at radius 1 is 1.09 bits per heavy atom. The molecule has 4 heteroatoms. The Kier molecular flexibility index (Phi) is 5.60. The van der Waals surface area contributed by atoms with Gasteiger partial charge in [-0.15, -0.1) is 0 Å². The van der Waals surface area contributed by atoms with Gasteiger partial charge in [0.25, 0.3) is 0 Å². The van der Waals surface area contributed by atoms with Crippen molar-refractivity contribution in [1.82, 2.24) is 5.32 Å². The molecule has 2 N–H and O–H groups in total. The number of carbonyl (C=O) groups excluding carboxylic acids is 1. The van der Waals surface area contributed by atoms with Crippen molar-refractivity contribution in [3.05, 3.63) is 71.9 Å². The molecule has 0 saturated carbocycles. The van der Waals surface area contributed by atoms with E-state index in [1.807, 2.05) is 37.3 Å². The summed E-state index contributed by atoms with van der Waals surface area (Å²) < 4.78 is 5.08. The Morgan fingerprint density at radius 2 is 1.77 bits per heavy atom. The highest BCUT2D eigenvalue weighted by atomic mass is 16.5. The fourth-order valence-electron chi connectivity index (χ4n) is 1.94. The molecule has 0 atom stereocenters. The van der Waals surface area contributed by atoms with E-state index in [1.54, 1.807) is 37.5 Å². The minimum absolute atomic E-state index is 0.164. The van der Waals surface area contributed by atoms with Crippen LogP contribution in [-0.2, 0) is 11.3 Å². The number of hydrogen-bond donors (Lipinski definition) is 2. The zero-order valence-electron chi connectivity index (χ0n) is 12.8. The molecular weight excluding hydrogens is 276 g/mol. The normalized spacial score (nSPS) is 10.9. The monoisotopic (exact) mass is 296 g/mol. The Bertz CT molecular complexity index is 634. The molecule has 0 aliphatic rings. The van der Waals surface area contributed by atoms with Gasteiger partial charge in [-0.3, -0.25) is 4.79 Å². The highest BCUT2D eigenvalue weighted by molar-refractivity contribution is 5.99. The third-order valence-corrected chi connectivity index (χ3v) is 3.12. The molecule has 0 unspecified atom stereocenters. The van der Waals surface area contributed by atoms with E-state index in [0.29, 0.717) is 6.54 Å². The molecule has 0 spiro atoms. The smallest absolute Gasteiger partial charge is 0.250 e. The zero-order valence-corrected chi connectivity index (χ0v) is 12.8. The summed E-state index contributed by atoms with van der Waals surface area (Å²) in [5.41, 5.74) is 2.72. The third kappa shape index (κ3) is 4.98. The van der Waals surface area contributed by atoms with E-state index in [4.69, 9.17) is 4.74 Å². The maximum atomic E-state index is 11.9. The van der Waals surface area contributed by atoms with Crippen molar-refractivity contribution in [2.45, 2.75) is 13.5 Å². The SMILES string of the molecule is COc1ccc(NC(=O)/C=C(/C)NCc2ccccc2)cc1. The van der Waals surface area contributed by atoms with Crippen LogP contribution in [0.25, 0.3) is 0 Å². The summed E-state index contributed by atoms with van der Waals surface area (Å²) in [6, 6.07) is 17.3. The van der Waals surface area contributed by atoms with Crippen molar-refractivity contribution < 1.29 is 9.53 Å². The van der Waals surface area contributed by atoms with Gasteiger partial charge in [-0.2, -0.15) is 0 Å². The number of ether oxygens (including phenoxy) is 1. The van der Waals surface area contributed by atoms with E-state index >= 15 is 0 Å². The fourth-order valence-corrected chi connectivity index (χ4v) is 1.94. The number of amides is 1. The summed E-state index contributed by atoms with van der Waals surface area (Å²) in [7, 11) is 1.61. The van der Waals surface area contributed by atoms with E-state index in [9.17, 15) is 4.79 Å². The van der Waals surface area contributed by atoms with Gasteiger partial charge in [-0.05, 0) is 36.8 Å². The van der Waals surface area contributed by atoms with E-state index in [0.717, 1.165) is 17.1 Å². The molecule has 0 heterocycles. The molecule has 22 heavy (non-hydrogen) atoms. The van der Waals surface area contributed by atoms with Crippen molar-refractivity contribution in [3.63, 3.8) is 0 Å². The molecule has 2 aromatic rings. The van der Waals surface area contributed by atoms with Crippen LogP contribution in [0, 0.1) is 0 Å². The Hall–Kier alpha value is -2.75. The lowest BCUT2D eigenvalue weighted by Crippen LogP contribution is -2.15. The maximum absolute atomic E-state index is 11.9. The van der Waals surface area contributed by atoms with Gasteiger partial charge in [-0.1, -0.05) is 30.3 Å². The number of hydrogen-bond acceptors (Lipinski definition) is 3. The lowest BCUT2D eigenvalue weighted by atomic mass is 10.2. The summed E-state index contributed by atoms with van der Waals surface area (Å²) in [5.74, 6) is 0.595. The van der Waals surface area contributed by atoms with Crippen molar-refractivity contribution in [2.24, 2.45) is 0 Å². The first kappa shape index (κ1) is 15.6. The average Bonchev–Trinajstić information content (AvgIpc) is 2.54. The predicted octanol–water partition coefficient (Wildman–Crippen LogP) is 3.33. The molecular formula is C18H20N2O2. The Labute approximate surface area is 130 Å². The Morgan fingerprint density at radius 3 is 2.41 bits per heavy atom. The molecule has 2 aromatic carbocycles. The van der Waals surface area contributed by atoms with Crippen LogP contribution in [0.5, 0.6) is 5.75 Å². The van der Waals surface area contributed by atoms with E-state index in [-0.39, 0.29) is 5.91 Å². The van der Waals surface area contributed by atoms with E-state index in [2.05, 4.69) is 10.6 Å². The summed E-state index contributed by atoms with van der Waals surface area (Å²) >= 11 is 0. The number of nitrogens with one attached hydrogen (secondary N) is 2. The molecule has 0 bridgehead atoms. The highest BCUT2D eigenvalue weighted by Gasteiger charge is 2.00. The van der Waals surface area contributed by atoms with Crippen LogP contribution in [0.1, 0.15) is 12.5 Å². The highest BCUT2D eigenvalue weighted by Crippen LogP contribution is 2.14. The molecule has 0 radical (unpaired) electrons. The minimum atomic E-state index is -0.164. The van der Waals surface area contributed by atoms with Crippen LogP contribution in [0.3, 0.4) is 0 Å². The lowest BCUT2D eigenvalue weighted by Gasteiger charge is -2.07. The molecule has 1 amide bonds. The number of allylic oxidation sites excluding steroid dienone is 1. The second kappa shape index (κ2) is 7.88. The van der Waals surface area contributed by atoms with Gasteiger partial charge >= 0.3 is 0 Å². The van der Waals surface area contributed by atoms with Crippen LogP contribution < -0.4 is 15.4 Å². The second-order valence-corrected chi connectivity index (χ2v) is 4.88. The standard InChI is InChI=1S/C18H20N2O2/c1-14(19-13-15-6-4-3-5-7-15)12-18(21)20-16-8-10-17(22-2)11-9-16/h3-12,19H,13H2,1-2H3,(H,20,21)/b14-12-. The van der Waals surface area contributed by atoms with Crippen LogP contribution >= 0.6 is 0 Å². The fraction of sp³-hybridized carbons (Fsp3) is 0.167. The predicted molar refractivity (Wildman–Crippen MR) is 88.7 cm³/mol. The molecule has 2 rings (SSSR count). The number of methoxy groups -OCH3 is 1. The first-order chi connectivity index (χ1) is 10.7. The molecule has 0 saturated heterocycles. The third-order valence-electron chi connectivity index (χ3n) is 3.12. The largest absolute Gasteiger partial charge is 0.497 e. The van der Waals surface area contributed by atoms with Crippen LogP contribution in [0.15, 0.2) is 66.4 Å². The van der Waals surface area contributed by atoms with Crippen molar-refractivity contribution in [3.8, 4) is 5.75 Å². The van der Waals surface area contributed by atoms with E-state index in [1.165, 1.54) is 5.56 Å². The molecule has 0 aliphatic heterocycles. The quantitative estimate of drug-likeness (QED) is 0.804. The van der Waals surface area contributed by atoms with Crippen LogP contribution in [-0.4, -0.2) is 13.0 Å². The van der Waals surface area contributed by atoms with Crippen molar-refractivity contribution >= 4 is 11.6 Å². The summed E-state index contributed by atoms with van der Waals surface area (Å²) in [5, 5.41) is 6.03. The van der Waals surface area contributed by atoms with Crippen molar-refractivity contribution in [2.75, 3.05) is 12.4 Å². The second-order valence-electron chi connectivity index (χ2n) is 4.88. The number of anilines is 1. The summed E-state index contributed by atoms with van der Waals surface area (Å²) in [6.45, 7) is 2.57. The first-order valence-corrected chi connectivity index (χ1v) is 7.08. The molecule has 0 aliphatic carbocycles. The van der Waals surface area contributed by atoms with Gasteiger partial charge in [0.05, 0.1) is 7.11 Å². The number of rotatable bonds is 6. The lowest BCUT2D eigenvalue weighted by molar-refractivity contribution is -0.112. The zero-order chi connectivity index (χ0) is 15.8. The number of carbonyl (C=O) groups is 1. The summed E-state index contributed by atoms with van der Waals surface area (Å²) in [4.78, 5) is 11.9. The Balaban J connectivity index is 1.86. The van der Waals surface area contributed by atoms with Gasteiger partial charge in [0.2, 0.25) is 5.91 Å². The molecule has 4 nitrogen and oxygen atoms in total. The van der Waals surface area contributed by atoms with Gasteiger partial charge in [-0.25, -0.2) is 0 Å². The molecule has 114 valence electrons. The maximum Gasteiger partial charge on any atom is 0.250 e. The van der Waals surface area contributed by atoms with E-state index < -0.39 is 0 Å². The van der Waals surface area contributed by atoms with Gasteiger partial charge in [0, 0.05) is 24.0 Å². The van der Waals surface area contributed by atoms with Crippen LogP contribution in [0.2, 0.25) is 0 Å². The van der Waals surface area contributed by atoms with Crippen molar-refractivity contribution in [1.29, 1.82) is 0 Å². The van der Waals surface area contributed by atoms with Gasteiger partial charge < -0.3 is 15.4 Å². The molecule has 0 fully saturated rings. The van der Waals surface area contributed by atoms with Crippen LogP contribution in [0.4, 0.5) is 5.69 Å². The molecule has 0 aromatic heterocycles. The average molecular weight is 296 g/mol. The topological polar surface area (TPSA) is 50.4 Å². The van der Waals surface area contributed by atoms with Gasteiger partial charge in [0.15, 0.2) is 0 Å². The first-order valence-electron chi connectivity index (χ1n) is 7.08. The summed E-state index contributed by atoms with van der Waals surface area (Å²) in [6.07, 6.45) is 1.55. The minimum Gasteiger partial charge on any atom is -0.497 e.